The van der Waals surface area contributed by atoms with E-state index < -0.39 is 0 Å². The molecule has 2 aromatic heterocycles. The molecule has 0 saturated heterocycles. The standard InChI is InChI=1S/C18H14FN5OS2/c19-13-6-8-16(9-7-13)25-10-17-20-14(11-26-17)12-27-18-21-22-23-24(18)15-4-2-1-3-5-15/h1-9,11H,10,12H2. The number of hydrogen-bond donors (Lipinski definition) is 0. The van der Waals surface area contributed by atoms with Crippen molar-refractivity contribution in [3.05, 3.63) is 76.5 Å². The van der Waals surface area contributed by atoms with Crippen LogP contribution in [0.3, 0.4) is 0 Å². The fraction of sp³-hybridized carbons (Fsp3) is 0.111. The molecule has 27 heavy (non-hydrogen) atoms. The second-order valence-corrected chi connectivity index (χ2v) is 7.36. The summed E-state index contributed by atoms with van der Waals surface area (Å²) in [7, 11) is 0. The Morgan fingerprint density at radius 1 is 1.07 bits per heavy atom. The smallest absolute Gasteiger partial charge is 0.214 e. The topological polar surface area (TPSA) is 65.7 Å². The molecule has 0 aliphatic heterocycles. The van der Waals surface area contributed by atoms with Gasteiger partial charge < -0.3 is 4.74 Å². The van der Waals surface area contributed by atoms with Crippen LogP contribution in [0.2, 0.25) is 0 Å². The van der Waals surface area contributed by atoms with E-state index in [0.717, 1.165) is 16.4 Å². The predicted octanol–water partition coefficient (Wildman–Crippen LogP) is 4.13. The minimum absolute atomic E-state index is 0.284. The van der Waals surface area contributed by atoms with Crippen LogP contribution in [0.4, 0.5) is 4.39 Å². The van der Waals surface area contributed by atoms with Gasteiger partial charge in [0.2, 0.25) is 5.16 Å². The number of nitrogens with zero attached hydrogens (tertiary/aromatic N) is 5. The van der Waals surface area contributed by atoms with E-state index in [4.69, 9.17) is 4.74 Å². The Bertz CT molecular complexity index is 1000. The molecule has 0 amide bonds. The molecule has 4 aromatic rings. The molecule has 6 nitrogen and oxygen atoms in total. The molecule has 0 aliphatic rings. The minimum Gasteiger partial charge on any atom is -0.486 e. The predicted molar refractivity (Wildman–Crippen MR) is 102 cm³/mol. The van der Waals surface area contributed by atoms with Crippen LogP contribution in [-0.2, 0) is 12.4 Å². The fourth-order valence-electron chi connectivity index (χ4n) is 2.30. The van der Waals surface area contributed by atoms with Crippen LogP contribution in [-0.4, -0.2) is 25.2 Å². The molecule has 0 radical (unpaired) electrons. The lowest BCUT2D eigenvalue weighted by atomic mass is 10.3. The molecular weight excluding hydrogens is 385 g/mol. The van der Waals surface area contributed by atoms with Crippen molar-refractivity contribution in [2.24, 2.45) is 0 Å². The van der Waals surface area contributed by atoms with E-state index in [1.165, 1.54) is 35.2 Å². The van der Waals surface area contributed by atoms with Crippen LogP contribution in [0.5, 0.6) is 5.75 Å². The molecule has 0 spiro atoms. The van der Waals surface area contributed by atoms with Gasteiger partial charge in [0.05, 0.1) is 11.4 Å². The first kappa shape index (κ1) is 17.6. The highest BCUT2D eigenvalue weighted by Crippen LogP contribution is 2.24. The van der Waals surface area contributed by atoms with E-state index in [2.05, 4.69) is 20.5 Å². The third kappa shape index (κ3) is 4.50. The van der Waals surface area contributed by atoms with Crippen molar-refractivity contribution in [1.82, 2.24) is 25.2 Å². The molecule has 0 atom stereocenters. The number of aromatic nitrogens is 5. The monoisotopic (exact) mass is 399 g/mol. The number of halogens is 1. The number of tetrazole rings is 1. The van der Waals surface area contributed by atoms with Crippen molar-refractivity contribution in [2.75, 3.05) is 0 Å². The Kier molecular flexibility index (Phi) is 5.40. The van der Waals surface area contributed by atoms with Gasteiger partial charge in [-0.2, -0.15) is 4.68 Å². The first-order valence-corrected chi connectivity index (χ1v) is 9.93. The lowest BCUT2D eigenvalue weighted by Crippen LogP contribution is -1.99. The number of benzene rings is 2. The van der Waals surface area contributed by atoms with E-state index in [0.29, 0.717) is 23.3 Å². The molecule has 0 N–H and O–H groups in total. The van der Waals surface area contributed by atoms with Gasteiger partial charge in [-0.25, -0.2) is 9.37 Å². The number of thiazole rings is 1. The van der Waals surface area contributed by atoms with Crippen LogP contribution in [0.1, 0.15) is 10.7 Å². The molecule has 2 aromatic carbocycles. The molecule has 136 valence electrons. The zero-order valence-corrected chi connectivity index (χ0v) is 15.7. The van der Waals surface area contributed by atoms with E-state index in [1.54, 1.807) is 16.8 Å². The third-order valence-electron chi connectivity index (χ3n) is 3.57. The summed E-state index contributed by atoms with van der Waals surface area (Å²) < 4.78 is 20.2. The van der Waals surface area contributed by atoms with Crippen molar-refractivity contribution in [3.63, 3.8) is 0 Å². The van der Waals surface area contributed by atoms with Crippen molar-refractivity contribution >= 4 is 23.1 Å². The van der Waals surface area contributed by atoms with Crippen LogP contribution < -0.4 is 4.74 Å². The van der Waals surface area contributed by atoms with Gasteiger partial charge in [0.15, 0.2) is 0 Å². The largest absolute Gasteiger partial charge is 0.486 e. The number of ether oxygens (including phenoxy) is 1. The molecular formula is C18H14FN5OS2. The minimum atomic E-state index is -0.284. The molecule has 4 rings (SSSR count). The molecule has 0 bridgehead atoms. The summed E-state index contributed by atoms with van der Waals surface area (Å²) in [6.07, 6.45) is 0. The number of thioether (sulfide) groups is 1. The molecule has 0 fully saturated rings. The maximum absolute atomic E-state index is 12.9. The lowest BCUT2D eigenvalue weighted by Gasteiger charge is -2.03. The zero-order valence-electron chi connectivity index (χ0n) is 14.0. The Labute approximate surface area is 163 Å². The highest BCUT2D eigenvalue weighted by molar-refractivity contribution is 7.98. The average molecular weight is 399 g/mol. The number of para-hydroxylation sites is 1. The normalized spacial score (nSPS) is 10.9. The maximum Gasteiger partial charge on any atom is 0.214 e. The summed E-state index contributed by atoms with van der Waals surface area (Å²) >= 11 is 3.05. The van der Waals surface area contributed by atoms with Gasteiger partial charge in [-0.1, -0.05) is 30.0 Å². The van der Waals surface area contributed by atoms with Crippen molar-refractivity contribution in [1.29, 1.82) is 0 Å². The van der Waals surface area contributed by atoms with E-state index in [1.807, 2.05) is 35.7 Å². The lowest BCUT2D eigenvalue weighted by molar-refractivity contribution is 0.305. The van der Waals surface area contributed by atoms with Crippen molar-refractivity contribution < 1.29 is 9.13 Å². The van der Waals surface area contributed by atoms with Gasteiger partial charge in [0, 0.05) is 11.1 Å². The van der Waals surface area contributed by atoms with Crippen LogP contribution in [0.15, 0.2) is 65.1 Å². The van der Waals surface area contributed by atoms with E-state index in [-0.39, 0.29) is 5.82 Å². The van der Waals surface area contributed by atoms with Crippen LogP contribution in [0, 0.1) is 5.82 Å². The second-order valence-electron chi connectivity index (χ2n) is 5.47. The van der Waals surface area contributed by atoms with Crippen molar-refractivity contribution in [2.45, 2.75) is 17.5 Å². The first-order valence-electron chi connectivity index (χ1n) is 8.06. The SMILES string of the molecule is Fc1ccc(OCc2nc(CSc3nnnn3-c3ccccc3)cs2)cc1. The Hall–Kier alpha value is -2.78. The Balaban J connectivity index is 1.35. The summed E-state index contributed by atoms with van der Waals surface area (Å²) in [5.74, 6) is 0.985. The van der Waals surface area contributed by atoms with Gasteiger partial charge in [0.25, 0.3) is 0 Å². The maximum atomic E-state index is 12.9. The number of rotatable bonds is 7. The summed E-state index contributed by atoms with van der Waals surface area (Å²) in [4.78, 5) is 4.57. The van der Waals surface area contributed by atoms with Gasteiger partial charge >= 0.3 is 0 Å². The van der Waals surface area contributed by atoms with Gasteiger partial charge in [-0.3, -0.25) is 0 Å². The molecule has 0 saturated carbocycles. The van der Waals surface area contributed by atoms with Crippen LogP contribution >= 0.6 is 23.1 Å². The molecule has 0 unspecified atom stereocenters. The first-order chi connectivity index (χ1) is 13.3. The van der Waals surface area contributed by atoms with E-state index >= 15 is 0 Å². The van der Waals surface area contributed by atoms with Crippen LogP contribution in [0.25, 0.3) is 5.69 Å². The number of hydrogen-bond acceptors (Lipinski definition) is 7. The highest BCUT2D eigenvalue weighted by Gasteiger charge is 2.10. The molecule has 2 heterocycles. The van der Waals surface area contributed by atoms with Gasteiger partial charge in [-0.05, 0) is 46.8 Å². The highest BCUT2D eigenvalue weighted by atomic mass is 32.2. The summed E-state index contributed by atoms with van der Waals surface area (Å²) in [6.45, 7) is 0.350. The third-order valence-corrected chi connectivity index (χ3v) is 5.39. The Morgan fingerprint density at radius 3 is 2.70 bits per heavy atom. The van der Waals surface area contributed by atoms with Gasteiger partial charge in [0.1, 0.15) is 23.2 Å². The van der Waals surface area contributed by atoms with E-state index in [9.17, 15) is 4.39 Å². The fourth-order valence-corrected chi connectivity index (χ4v) is 3.89. The van der Waals surface area contributed by atoms with Gasteiger partial charge in [-0.15, -0.1) is 16.4 Å². The summed E-state index contributed by atoms with van der Waals surface area (Å²) in [5.41, 5.74) is 1.85. The Morgan fingerprint density at radius 2 is 1.89 bits per heavy atom. The molecule has 0 aliphatic carbocycles. The second kappa shape index (κ2) is 8.28. The zero-order chi connectivity index (χ0) is 18.5. The average Bonchev–Trinajstić information content (AvgIpc) is 3.36. The van der Waals surface area contributed by atoms with Crippen molar-refractivity contribution in [3.8, 4) is 11.4 Å². The summed E-state index contributed by atoms with van der Waals surface area (Å²) in [5, 5.41) is 15.4. The quantitative estimate of drug-likeness (QED) is 0.436. The molecule has 9 heteroatoms. The summed E-state index contributed by atoms with van der Waals surface area (Å²) in [6, 6.07) is 15.7.